The van der Waals surface area contributed by atoms with Crippen molar-refractivity contribution in [3.05, 3.63) is 59.8 Å². The first-order valence-electron chi connectivity index (χ1n) is 4.53. The fraction of sp³-hybridized carbons (Fsp3) is 0.167. The molecule has 13 heavy (non-hydrogen) atoms. The van der Waals surface area contributed by atoms with Crippen molar-refractivity contribution >= 4 is 0 Å². The highest BCUT2D eigenvalue weighted by Crippen LogP contribution is 2.19. The summed E-state index contributed by atoms with van der Waals surface area (Å²) in [4.78, 5) is 0. The van der Waals surface area contributed by atoms with Crippen LogP contribution in [0.5, 0.6) is 0 Å². The quantitative estimate of drug-likeness (QED) is 0.685. The number of aryl methyl sites for hydroxylation is 1. The lowest BCUT2D eigenvalue weighted by molar-refractivity contribution is 0.741. The van der Waals surface area contributed by atoms with Crippen LogP contribution in [0.25, 0.3) is 0 Å². The van der Waals surface area contributed by atoms with E-state index >= 15 is 0 Å². The third-order valence-electron chi connectivity index (χ3n) is 2.31. The van der Waals surface area contributed by atoms with Gasteiger partial charge in [0.1, 0.15) is 0 Å². The van der Waals surface area contributed by atoms with Gasteiger partial charge in [0.2, 0.25) is 0 Å². The Hall–Kier alpha value is -1.50. The van der Waals surface area contributed by atoms with Crippen molar-refractivity contribution in [1.29, 1.82) is 0 Å². The number of hydrogen-bond acceptors (Lipinski definition) is 1. The van der Waals surface area contributed by atoms with Gasteiger partial charge in [-0.15, -0.1) is 0 Å². The minimum absolute atomic E-state index is 0.339. The molecule has 0 aliphatic carbocycles. The van der Waals surface area contributed by atoms with Crippen LogP contribution in [-0.2, 0) is 0 Å². The molecule has 1 N–H and O–H groups in total. The smallest absolute Gasteiger partial charge is 0.0698 e. The third-order valence-corrected chi connectivity index (χ3v) is 2.31. The van der Waals surface area contributed by atoms with Crippen molar-refractivity contribution in [3.63, 3.8) is 0 Å². The number of dihydropyridines is 1. The second kappa shape index (κ2) is 3.48. The minimum Gasteiger partial charge on any atom is -0.381 e. The molecule has 1 aliphatic rings. The lowest BCUT2D eigenvalue weighted by Gasteiger charge is -2.17. The van der Waals surface area contributed by atoms with Gasteiger partial charge in [0.05, 0.1) is 6.04 Å². The molecule has 0 saturated carbocycles. The molecule has 1 nitrogen and oxygen atoms in total. The molecule has 66 valence electrons. The first-order valence-corrected chi connectivity index (χ1v) is 4.53. The maximum absolute atomic E-state index is 3.31. The van der Waals surface area contributed by atoms with E-state index in [1.165, 1.54) is 11.1 Å². The van der Waals surface area contributed by atoms with Gasteiger partial charge in [-0.1, -0.05) is 36.4 Å². The van der Waals surface area contributed by atoms with Crippen LogP contribution in [0.3, 0.4) is 0 Å². The Morgan fingerprint density at radius 3 is 2.69 bits per heavy atom. The van der Waals surface area contributed by atoms with Crippen molar-refractivity contribution in [3.8, 4) is 0 Å². The Kier molecular flexibility index (Phi) is 2.17. The standard InChI is InChI=1S/C12H13N/c1-10-6-2-3-7-11(10)12-8-4-5-9-13-12/h2-9,12-13H,1H3. The molecule has 1 unspecified atom stereocenters. The van der Waals surface area contributed by atoms with E-state index in [9.17, 15) is 0 Å². The van der Waals surface area contributed by atoms with Gasteiger partial charge in [0.25, 0.3) is 0 Å². The number of rotatable bonds is 1. The fourth-order valence-electron chi connectivity index (χ4n) is 1.57. The van der Waals surface area contributed by atoms with Gasteiger partial charge in [-0.25, -0.2) is 0 Å². The first kappa shape index (κ1) is 8.11. The van der Waals surface area contributed by atoms with Crippen molar-refractivity contribution in [2.75, 3.05) is 0 Å². The van der Waals surface area contributed by atoms with Gasteiger partial charge in [-0.2, -0.15) is 0 Å². The van der Waals surface area contributed by atoms with Gasteiger partial charge < -0.3 is 5.32 Å². The van der Waals surface area contributed by atoms with E-state index in [0.717, 1.165) is 0 Å². The lowest BCUT2D eigenvalue weighted by atomic mass is 10.0. The average Bonchev–Trinajstić information content (AvgIpc) is 2.20. The molecule has 0 aromatic heterocycles. The molecule has 0 radical (unpaired) electrons. The van der Waals surface area contributed by atoms with Crippen LogP contribution in [0, 0.1) is 6.92 Å². The molecule has 1 heteroatoms. The van der Waals surface area contributed by atoms with Crippen molar-refractivity contribution < 1.29 is 0 Å². The summed E-state index contributed by atoms with van der Waals surface area (Å²) < 4.78 is 0. The highest BCUT2D eigenvalue weighted by molar-refractivity contribution is 5.33. The Balaban J connectivity index is 2.30. The van der Waals surface area contributed by atoms with Gasteiger partial charge in [-0.05, 0) is 30.3 Å². The van der Waals surface area contributed by atoms with Crippen LogP contribution < -0.4 is 5.32 Å². The molecule has 0 fully saturated rings. The van der Waals surface area contributed by atoms with Crippen LogP contribution in [0.4, 0.5) is 0 Å². The highest BCUT2D eigenvalue weighted by Gasteiger charge is 2.08. The summed E-state index contributed by atoms with van der Waals surface area (Å²) in [6.07, 6.45) is 8.24. The van der Waals surface area contributed by atoms with Crippen molar-refractivity contribution in [2.45, 2.75) is 13.0 Å². The second-order valence-electron chi connectivity index (χ2n) is 3.24. The summed E-state index contributed by atoms with van der Waals surface area (Å²) in [5, 5.41) is 3.31. The summed E-state index contributed by atoms with van der Waals surface area (Å²) in [7, 11) is 0. The van der Waals surface area contributed by atoms with E-state index in [-0.39, 0.29) is 0 Å². The zero-order chi connectivity index (χ0) is 9.10. The monoisotopic (exact) mass is 171 g/mol. The van der Waals surface area contributed by atoms with E-state index in [0.29, 0.717) is 6.04 Å². The Labute approximate surface area is 78.8 Å². The first-order chi connectivity index (χ1) is 6.38. The summed E-state index contributed by atoms with van der Waals surface area (Å²) in [6.45, 7) is 2.14. The molecule has 0 spiro atoms. The second-order valence-corrected chi connectivity index (χ2v) is 3.24. The minimum atomic E-state index is 0.339. The molecule has 0 saturated heterocycles. The maximum atomic E-state index is 3.31. The van der Waals surface area contributed by atoms with Crippen molar-refractivity contribution in [1.82, 2.24) is 5.32 Å². The zero-order valence-corrected chi connectivity index (χ0v) is 7.70. The molecule has 1 aromatic rings. The molecular weight excluding hydrogens is 158 g/mol. The normalized spacial score (nSPS) is 19.9. The van der Waals surface area contributed by atoms with Crippen LogP contribution >= 0.6 is 0 Å². The molecular formula is C12H13N. The molecule has 2 rings (SSSR count). The number of allylic oxidation sites excluding steroid dienone is 2. The maximum Gasteiger partial charge on any atom is 0.0698 e. The summed E-state index contributed by atoms with van der Waals surface area (Å²) >= 11 is 0. The molecule has 0 amide bonds. The van der Waals surface area contributed by atoms with Crippen molar-refractivity contribution in [2.24, 2.45) is 0 Å². The van der Waals surface area contributed by atoms with Crippen LogP contribution in [0.2, 0.25) is 0 Å². The van der Waals surface area contributed by atoms with E-state index in [1.807, 2.05) is 12.3 Å². The lowest BCUT2D eigenvalue weighted by Crippen LogP contribution is -2.15. The zero-order valence-electron chi connectivity index (χ0n) is 7.70. The Bertz CT molecular complexity index is 350. The van der Waals surface area contributed by atoms with Crippen LogP contribution in [-0.4, -0.2) is 0 Å². The van der Waals surface area contributed by atoms with E-state index in [4.69, 9.17) is 0 Å². The van der Waals surface area contributed by atoms with Gasteiger partial charge in [0, 0.05) is 0 Å². The number of nitrogens with one attached hydrogen (secondary N) is 1. The molecule has 1 aliphatic heterocycles. The topological polar surface area (TPSA) is 12.0 Å². The van der Waals surface area contributed by atoms with Crippen LogP contribution in [0.15, 0.2) is 48.7 Å². The Morgan fingerprint density at radius 2 is 2.00 bits per heavy atom. The van der Waals surface area contributed by atoms with Gasteiger partial charge in [-0.3, -0.25) is 0 Å². The summed E-state index contributed by atoms with van der Waals surface area (Å²) in [5.41, 5.74) is 2.68. The summed E-state index contributed by atoms with van der Waals surface area (Å²) in [6, 6.07) is 8.79. The Morgan fingerprint density at radius 1 is 1.15 bits per heavy atom. The molecule has 1 atom stereocenters. The number of hydrogen-bond donors (Lipinski definition) is 1. The molecule has 1 aromatic carbocycles. The average molecular weight is 171 g/mol. The predicted octanol–water partition coefficient (Wildman–Crippen LogP) is 2.71. The largest absolute Gasteiger partial charge is 0.381 e. The van der Waals surface area contributed by atoms with Gasteiger partial charge in [0.15, 0.2) is 0 Å². The summed E-state index contributed by atoms with van der Waals surface area (Å²) in [5.74, 6) is 0. The number of benzene rings is 1. The SMILES string of the molecule is Cc1ccccc1C1C=CC=CN1. The van der Waals surface area contributed by atoms with Crippen LogP contribution in [0.1, 0.15) is 17.2 Å². The fourth-order valence-corrected chi connectivity index (χ4v) is 1.57. The van der Waals surface area contributed by atoms with E-state index < -0.39 is 0 Å². The third kappa shape index (κ3) is 1.64. The van der Waals surface area contributed by atoms with E-state index in [1.54, 1.807) is 0 Å². The highest BCUT2D eigenvalue weighted by atomic mass is 14.9. The van der Waals surface area contributed by atoms with E-state index in [2.05, 4.69) is 48.7 Å². The molecule has 0 bridgehead atoms. The van der Waals surface area contributed by atoms with Gasteiger partial charge >= 0.3 is 0 Å². The molecule has 1 heterocycles. The predicted molar refractivity (Wildman–Crippen MR) is 55.3 cm³/mol.